The van der Waals surface area contributed by atoms with Gasteiger partial charge in [-0.25, -0.2) is 0 Å². The fourth-order valence-electron chi connectivity index (χ4n) is 2.59. The predicted molar refractivity (Wildman–Crippen MR) is 83.7 cm³/mol. The maximum absolute atomic E-state index is 5.50. The Kier molecular flexibility index (Phi) is 4.04. The first-order valence-corrected chi connectivity index (χ1v) is 7.64. The van der Waals surface area contributed by atoms with E-state index in [4.69, 9.17) is 4.74 Å². The Labute approximate surface area is 122 Å². The van der Waals surface area contributed by atoms with E-state index in [1.165, 1.54) is 22.9 Å². The van der Waals surface area contributed by atoms with Crippen molar-refractivity contribution in [1.82, 2.24) is 0 Å². The van der Waals surface area contributed by atoms with Crippen molar-refractivity contribution in [3.63, 3.8) is 0 Å². The molecule has 1 heterocycles. The van der Waals surface area contributed by atoms with Gasteiger partial charge >= 0.3 is 0 Å². The third kappa shape index (κ3) is 3.28. The molecule has 1 aliphatic rings. The molecular weight excluding hydrogens is 302 g/mol. The highest BCUT2D eigenvalue weighted by Gasteiger charge is 2.12. The van der Waals surface area contributed by atoms with Crippen molar-refractivity contribution in [2.45, 2.75) is 25.3 Å². The van der Waals surface area contributed by atoms with Crippen molar-refractivity contribution in [2.75, 3.05) is 18.5 Å². The van der Waals surface area contributed by atoms with Gasteiger partial charge < -0.3 is 10.1 Å². The summed E-state index contributed by atoms with van der Waals surface area (Å²) in [4.78, 5) is 0. The molecule has 1 atom stereocenters. The van der Waals surface area contributed by atoms with E-state index in [0.717, 1.165) is 30.5 Å². The van der Waals surface area contributed by atoms with Crippen LogP contribution in [-0.2, 0) is 4.74 Å². The smallest absolute Gasteiger partial charge is 0.0485 e. The molecule has 0 radical (unpaired) electrons. The molecule has 2 nitrogen and oxygen atoms in total. The second-order valence-electron chi connectivity index (χ2n) is 5.09. The summed E-state index contributed by atoms with van der Waals surface area (Å²) in [6.07, 6.45) is 3.44. The van der Waals surface area contributed by atoms with Crippen molar-refractivity contribution in [3.8, 4) is 0 Å². The standard InChI is InChI=1S/C16H18BrNO/c17-14-5-3-13-11-16(6-4-12(13)10-14)18-15-2-1-8-19-9-7-15/h3-6,10-11,15,18H,1-2,7-9H2. The van der Waals surface area contributed by atoms with E-state index >= 15 is 0 Å². The molecule has 2 aromatic carbocycles. The van der Waals surface area contributed by atoms with Crippen LogP contribution in [0.3, 0.4) is 0 Å². The molecule has 1 aliphatic heterocycles. The number of ether oxygens (including phenoxy) is 1. The highest BCUT2D eigenvalue weighted by atomic mass is 79.9. The average Bonchev–Trinajstić information content (AvgIpc) is 2.68. The third-order valence-electron chi connectivity index (χ3n) is 3.62. The van der Waals surface area contributed by atoms with Crippen molar-refractivity contribution in [2.24, 2.45) is 0 Å². The number of hydrogen-bond acceptors (Lipinski definition) is 2. The molecule has 2 aromatic rings. The van der Waals surface area contributed by atoms with E-state index in [0.29, 0.717) is 6.04 Å². The Morgan fingerprint density at radius 1 is 1.00 bits per heavy atom. The first kappa shape index (κ1) is 12.9. The van der Waals surface area contributed by atoms with E-state index < -0.39 is 0 Å². The highest BCUT2D eigenvalue weighted by molar-refractivity contribution is 9.10. The van der Waals surface area contributed by atoms with Gasteiger partial charge in [-0.1, -0.05) is 28.1 Å². The molecule has 0 saturated carbocycles. The van der Waals surface area contributed by atoms with Gasteiger partial charge in [-0.3, -0.25) is 0 Å². The van der Waals surface area contributed by atoms with Gasteiger partial charge in [-0.2, -0.15) is 0 Å². The Morgan fingerprint density at radius 2 is 1.84 bits per heavy atom. The van der Waals surface area contributed by atoms with E-state index in [1.807, 2.05) is 0 Å². The molecule has 19 heavy (non-hydrogen) atoms. The lowest BCUT2D eigenvalue weighted by Gasteiger charge is -2.17. The maximum atomic E-state index is 5.50. The predicted octanol–water partition coefficient (Wildman–Crippen LogP) is 4.58. The lowest BCUT2D eigenvalue weighted by molar-refractivity contribution is 0.144. The normalized spacial score (nSPS) is 20.2. The van der Waals surface area contributed by atoms with Crippen LogP contribution in [0.25, 0.3) is 10.8 Å². The number of fused-ring (bicyclic) bond motifs is 1. The molecule has 1 N–H and O–H groups in total. The van der Waals surface area contributed by atoms with E-state index in [-0.39, 0.29) is 0 Å². The minimum Gasteiger partial charge on any atom is -0.382 e. The summed E-state index contributed by atoms with van der Waals surface area (Å²) in [5, 5.41) is 6.18. The zero-order valence-electron chi connectivity index (χ0n) is 10.9. The molecular formula is C16H18BrNO. The van der Waals surface area contributed by atoms with Crippen LogP contribution in [0.5, 0.6) is 0 Å². The van der Waals surface area contributed by atoms with Gasteiger partial charge in [0, 0.05) is 29.4 Å². The van der Waals surface area contributed by atoms with Gasteiger partial charge in [-0.05, 0) is 54.3 Å². The molecule has 0 amide bonds. The minimum atomic E-state index is 0.537. The van der Waals surface area contributed by atoms with Crippen molar-refractivity contribution in [1.29, 1.82) is 0 Å². The summed E-state index contributed by atoms with van der Waals surface area (Å²) in [5.41, 5.74) is 1.21. The van der Waals surface area contributed by atoms with Gasteiger partial charge in [0.2, 0.25) is 0 Å². The van der Waals surface area contributed by atoms with Gasteiger partial charge in [0.25, 0.3) is 0 Å². The zero-order valence-corrected chi connectivity index (χ0v) is 12.4. The Morgan fingerprint density at radius 3 is 2.79 bits per heavy atom. The summed E-state index contributed by atoms with van der Waals surface area (Å²) >= 11 is 3.51. The Bertz CT molecular complexity index is 562. The minimum absolute atomic E-state index is 0.537. The molecule has 0 bridgehead atoms. The first-order chi connectivity index (χ1) is 9.31. The van der Waals surface area contributed by atoms with Crippen molar-refractivity contribution < 1.29 is 4.74 Å². The zero-order chi connectivity index (χ0) is 13.1. The number of anilines is 1. The quantitative estimate of drug-likeness (QED) is 0.874. The number of benzene rings is 2. The average molecular weight is 320 g/mol. The lowest BCUT2D eigenvalue weighted by Crippen LogP contribution is -2.19. The molecule has 3 rings (SSSR count). The maximum Gasteiger partial charge on any atom is 0.0485 e. The summed E-state index contributed by atoms with van der Waals surface area (Å²) in [7, 11) is 0. The Hall–Kier alpha value is -1.06. The van der Waals surface area contributed by atoms with Gasteiger partial charge in [0.05, 0.1) is 0 Å². The van der Waals surface area contributed by atoms with Crippen LogP contribution in [0, 0.1) is 0 Å². The van der Waals surface area contributed by atoms with Crippen LogP contribution in [-0.4, -0.2) is 19.3 Å². The fourth-order valence-corrected chi connectivity index (χ4v) is 2.97. The van der Waals surface area contributed by atoms with Crippen LogP contribution in [0.1, 0.15) is 19.3 Å². The van der Waals surface area contributed by atoms with Crippen LogP contribution in [0.4, 0.5) is 5.69 Å². The summed E-state index contributed by atoms with van der Waals surface area (Å²) < 4.78 is 6.63. The molecule has 100 valence electrons. The second-order valence-corrected chi connectivity index (χ2v) is 6.01. The number of nitrogens with one attached hydrogen (secondary N) is 1. The van der Waals surface area contributed by atoms with Crippen molar-refractivity contribution >= 4 is 32.4 Å². The monoisotopic (exact) mass is 319 g/mol. The van der Waals surface area contributed by atoms with E-state index in [1.54, 1.807) is 0 Å². The SMILES string of the molecule is Brc1ccc2cc(NC3CCCOCC3)ccc2c1. The fraction of sp³-hybridized carbons (Fsp3) is 0.375. The van der Waals surface area contributed by atoms with Crippen LogP contribution >= 0.6 is 15.9 Å². The highest BCUT2D eigenvalue weighted by Crippen LogP contribution is 2.24. The third-order valence-corrected chi connectivity index (χ3v) is 4.12. The largest absolute Gasteiger partial charge is 0.382 e. The molecule has 1 fully saturated rings. The molecule has 1 saturated heterocycles. The van der Waals surface area contributed by atoms with E-state index in [9.17, 15) is 0 Å². The first-order valence-electron chi connectivity index (χ1n) is 6.85. The summed E-state index contributed by atoms with van der Waals surface area (Å²) in [6.45, 7) is 1.78. The summed E-state index contributed by atoms with van der Waals surface area (Å²) in [6, 6.07) is 13.5. The van der Waals surface area contributed by atoms with Crippen LogP contribution < -0.4 is 5.32 Å². The Balaban J connectivity index is 1.78. The van der Waals surface area contributed by atoms with Crippen LogP contribution in [0.15, 0.2) is 40.9 Å². The second kappa shape index (κ2) is 5.93. The molecule has 0 spiro atoms. The molecule has 3 heteroatoms. The number of rotatable bonds is 2. The number of hydrogen-bond donors (Lipinski definition) is 1. The topological polar surface area (TPSA) is 21.3 Å². The lowest BCUT2D eigenvalue weighted by atomic mass is 10.1. The van der Waals surface area contributed by atoms with E-state index in [2.05, 4.69) is 57.6 Å². The molecule has 0 aromatic heterocycles. The van der Waals surface area contributed by atoms with Crippen LogP contribution in [0.2, 0.25) is 0 Å². The molecule has 1 unspecified atom stereocenters. The summed E-state index contributed by atoms with van der Waals surface area (Å²) in [5.74, 6) is 0. The molecule has 0 aliphatic carbocycles. The van der Waals surface area contributed by atoms with Gasteiger partial charge in [0.15, 0.2) is 0 Å². The van der Waals surface area contributed by atoms with Crippen molar-refractivity contribution in [3.05, 3.63) is 40.9 Å². The number of halogens is 1. The van der Waals surface area contributed by atoms with Gasteiger partial charge in [0.1, 0.15) is 0 Å². The van der Waals surface area contributed by atoms with Gasteiger partial charge in [-0.15, -0.1) is 0 Å².